The standard InChI is InChI=1S/C17H25N3O3/c1-12-7-3-4-8-13(12)15-16(23-11-14(21)20(15)2)17(22)19-10-6-5-9-18/h3-4,7-8,15-16H,5-6,9-11,18H2,1-2H3,(H,19,22). The highest BCUT2D eigenvalue weighted by Crippen LogP contribution is 2.31. The summed E-state index contributed by atoms with van der Waals surface area (Å²) in [5.74, 6) is -0.306. The van der Waals surface area contributed by atoms with E-state index in [0.717, 1.165) is 24.0 Å². The maximum absolute atomic E-state index is 12.5. The fourth-order valence-corrected chi connectivity index (χ4v) is 2.80. The number of aryl methyl sites for hydroxylation is 1. The van der Waals surface area contributed by atoms with E-state index in [4.69, 9.17) is 10.5 Å². The van der Waals surface area contributed by atoms with Gasteiger partial charge in [-0.3, -0.25) is 9.59 Å². The highest BCUT2D eigenvalue weighted by molar-refractivity contribution is 5.86. The van der Waals surface area contributed by atoms with Crippen LogP contribution in [0.3, 0.4) is 0 Å². The third-order valence-corrected chi connectivity index (χ3v) is 4.18. The maximum Gasteiger partial charge on any atom is 0.251 e. The summed E-state index contributed by atoms with van der Waals surface area (Å²) < 4.78 is 5.57. The lowest BCUT2D eigenvalue weighted by Crippen LogP contribution is -2.53. The molecule has 1 aliphatic rings. The first kappa shape index (κ1) is 17.4. The van der Waals surface area contributed by atoms with Crippen LogP contribution in [0.4, 0.5) is 0 Å². The number of likely N-dealkylation sites (N-methyl/N-ethyl adjacent to an activating group) is 1. The van der Waals surface area contributed by atoms with Gasteiger partial charge in [-0.15, -0.1) is 0 Å². The van der Waals surface area contributed by atoms with Crippen molar-refractivity contribution in [2.45, 2.75) is 31.9 Å². The Kier molecular flexibility index (Phi) is 6.12. The quantitative estimate of drug-likeness (QED) is 0.758. The molecule has 2 unspecified atom stereocenters. The molecule has 0 aliphatic carbocycles. The first-order valence-corrected chi connectivity index (χ1v) is 7.97. The number of carbonyl (C=O) groups is 2. The van der Waals surface area contributed by atoms with Gasteiger partial charge in [0.1, 0.15) is 6.61 Å². The van der Waals surface area contributed by atoms with Crippen molar-refractivity contribution in [2.24, 2.45) is 5.73 Å². The molecule has 0 aromatic heterocycles. The SMILES string of the molecule is Cc1ccccc1C1C(C(=O)NCCCCN)OCC(=O)N1C. The molecule has 6 heteroatoms. The van der Waals surface area contributed by atoms with Crippen molar-refractivity contribution < 1.29 is 14.3 Å². The Bertz CT molecular complexity index is 562. The van der Waals surface area contributed by atoms with Gasteiger partial charge < -0.3 is 20.7 Å². The molecule has 0 saturated carbocycles. The second-order valence-electron chi connectivity index (χ2n) is 5.82. The average molecular weight is 319 g/mol. The van der Waals surface area contributed by atoms with Crippen LogP contribution >= 0.6 is 0 Å². The number of nitrogens with two attached hydrogens (primary N) is 1. The Labute approximate surface area is 137 Å². The van der Waals surface area contributed by atoms with Crippen LogP contribution in [-0.4, -0.2) is 49.6 Å². The summed E-state index contributed by atoms with van der Waals surface area (Å²) in [6.45, 7) is 3.07. The van der Waals surface area contributed by atoms with E-state index >= 15 is 0 Å². The lowest BCUT2D eigenvalue weighted by atomic mass is 9.94. The molecule has 0 radical (unpaired) electrons. The van der Waals surface area contributed by atoms with E-state index in [2.05, 4.69) is 5.32 Å². The molecular formula is C17H25N3O3. The highest BCUT2D eigenvalue weighted by atomic mass is 16.5. The van der Waals surface area contributed by atoms with Crippen molar-refractivity contribution in [3.8, 4) is 0 Å². The molecule has 1 heterocycles. The number of carbonyl (C=O) groups excluding carboxylic acids is 2. The van der Waals surface area contributed by atoms with Gasteiger partial charge in [-0.1, -0.05) is 24.3 Å². The van der Waals surface area contributed by atoms with Gasteiger partial charge in [0.05, 0.1) is 6.04 Å². The smallest absolute Gasteiger partial charge is 0.251 e. The number of hydrogen-bond donors (Lipinski definition) is 2. The average Bonchev–Trinajstić information content (AvgIpc) is 2.55. The fraction of sp³-hybridized carbons (Fsp3) is 0.529. The molecule has 2 atom stereocenters. The van der Waals surface area contributed by atoms with E-state index in [9.17, 15) is 9.59 Å². The van der Waals surface area contributed by atoms with Gasteiger partial charge in [0.2, 0.25) is 5.91 Å². The van der Waals surface area contributed by atoms with Crippen molar-refractivity contribution >= 4 is 11.8 Å². The zero-order valence-electron chi connectivity index (χ0n) is 13.7. The molecule has 0 spiro atoms. The Morgan fingerprint density at radius 2 is 2.13 bits per heavy atom. The molecule has 3 N–H and O–H groups in total. The molecule has 0 bridgehead atoms. The number of hydrogen-bond acceptors (Lipinski definition) is 4. The molecule has 23 heavy (non-hydrogen) atoms. The first-order valence-electron chi connectivity index (χ1n) is 7.97. The van der Waals surface area contributed by atoms with Crippen molar-refractivity contribution in [3.63, 3.8) is 0 Å². The lowest BCUT2D eigenvalue weighted by molar-refractivity contribution is -0.162. The van der Waals surface area contributed by atoms with Gasteiger partial charge in [0.25, 0.3) is 5.91 Å². The van der Waals surface area contributed by atoms with Crippen LogP contribution in [0.25, 0.3) is 0 Å². The van der Waals surface area contributed by atoms with E-state index in [-0.39, 0.29) is 18.4 Å². The fourth-order valence-electron chi connectivity index (χ4n) is 2.80. The van der Waals surface area contributed by atoms with Crippen LogP contribution in [0.5, 0.6) is 0 Å². The monoisotopic (exact) mass is 319 g/mol. The number of nitrogens with zero attached hydrogens (tertiary/aromatic N) is 1. The van der Waals surface area contributed by atoms with Gasteiger partial charge in [-0.05, 0) is 37.4 Å². The van der Waals surface area contributed by atoms with Crippen LogP contribution in [0.15, 0.2) is 24.3 Å². The number of nitrogens with one attached hydrogen (secondary N) is 1. The Hall–Kier alpha value is -1.92. The molecule has 126 valence electrons. The minimum absolute atomic E-state index is 0.0697. The highest BCUT2D eigenvalue weighted by Gasteiger charge is 2.40. The van der Waals surface area contributed by atoms with E-state index < -0.39 is 12.1 Å². The van der Waals surface area contributed by atoms with Gasteiger partial charge in [0.15, 0.2) is 6.10 Å². The zero-order chi connectivity index (χ0) is 16.8. The molecule has 2 amide bonds. The van der Waals surface area contributed by atoms with Crippen molar-refractivity contribution in [1.82, 2.24) is 10.2 Å². The zero-order valence-corrected chi connectivity index (χ0v) is 13.7. The number of benzene rings is 1. The minimum atomic E-state index is -0.698. The summed E-state index contributed by atoms with van der Waals surface area (Å²) in [5.41, 5.74) is 7.42. The molecule has 1 aromatic rings. The topological polar surface area (TPSA) is 84.7 Å². The molecule has 1 aromatic carbocycles. The van der Waals surface area contributed by atoms with Gasteiger partial charge >= 0.3 is 0 Å². The Morgan fingerprint density at radius 3 is 2.83 bits per heavy atom. The largest absolute Gasteiger partial charge is 0.356 e. The molecule has 2 rings (SSSR count). The molecule has 1 aliphatic heterocycles. The van der Waals surface area contributed by atoms with Crippen molar-refractivity contribution in [3.05, 3.63) is 35.4 Å². The predicted octanol–water partition coefficient (Wildman–Crippen LogP) is 0.748. The number of unbranched alkanes of at least 4 members (excludes halogenated alkanes) is 1. The third kappa shape index (κ3) is 4.09. The van der Waals surface area contributed by atoms with Gasteiger partial charge in [-0.25, -0.2) is 0 Å². The summed E-state index contributed by atoms with van der Waals surface area (Å²) in [6, 6.07) is 7.34. The van der Waals surface area contributed by atoms with Crippen LogP contribution in [0, 0.1) is 6.92 Å². The predicted molar refractivity (Wildman–Crippen MR) is 87.7 cm³/mol. The minimum Gasteiger partial charge on any atom is -0.356 e. The Morgan fingerprint density at radius 1 is 1.39 bits per heavy atom. The van der Waals surface area contributed by atoms with Crippen LogP contribution in [-0.2, 0) is 14.3 Å². The van der Waals surface area contributed by atoms with E-state index in [1.807, 2.05) is 31.2 Å². The molecular weight excluding hydrogens is 294 g/mol. The second kappa shape index (κ2) is 8.08. The first-order chi connectivity index (χ1) is 11.1. The van der Waals surface area contributed by atoms with Crippen LogP contribution in [0.2, 0.25) is 0 Å². The van der Waals surface area contributed by atoms with E-state index in [0.29, 0.717) is 13.1 Å². The van der Waals surface area contributed by atoms with E-state index in [1.54, 1.807) is 11.9 Å². The van der Waals surface area contributed by atoms with Crippen molar-refractivity contribution in [1.29, 1.82) is 0 Å². The molecule has 1 fully saturated rings. The summed E-state index contributed by atoms with van der Waals surface area (Å²) in [4.78, 5) is 26.1. The molecule has 1 saturated heterocycles. The number of amides is 2. The molecule has 6 nitrogen and oxygen atoms in total. The van der Waals surface area contributed by atoms with E-state index in [1.165, 1.54) is 0 Å². The maximum atomic E-state index is 12.5. The Balaban J connectivity index is 2.17. The summed E-state index contributed by atoms with van der Waals surface area (Å²) in [7, 11) is 1.72. The second-order valence-corrected chi connectivity index (χ2v) is 5.82. The number of rotatable bonds is 6. The third-order valence-electron chi connectivity index (χ3n) is 4.18. The normalized spacial score (nSPS) is 21.3. The summed E-state index contributed by atoms with van der Waals surface area (Å²) >= 11 is 0. The number of ether oxygens (including phenoxy) is 1. The summed E-state index contributed by atoms with van der Waals surface area (Å²) in [5, 5.41) is 2.88. The van der Waals surface area contributed by atoms with Gasteiger partial charge in [-0.2, -0.15) is 0 Å². The summed E-state index contributed by atoms with van der Waals surface area (Å²) in [6.07, 6.45) is 1.00. The van der Waals surface area contributed by atoms with Gasteiger partial charge in [0, 0.05) is 13.6 Å². The van der Waals surface area contributed by atoms with Crippen LogP contribution in [0.1, 0.15) is 30.0 Å². The van der Waals surface area contributed by atoms with Crippen molar-refractivity contribution in [2.75, 3.05) is 26.7 Å². The lowest BCUT2D eigenvalue weighted by Gasteiger charge is -2.38. The van der Waals surface area contributed by atoms with Crippen LogP contribution < -0.4 is 11.1 Å². The number of morpholine rings is 1.